The normalized spacial score (nSPS) is 15.2. The summed E-state index contributed by atoms with van der Waals surface area (Å²) in [5, 5.41) is 3.76. The second kappa shape index (κ2) is 11.8. The zero-order valence-electron chi connectivity index (χ0n) is 19.9. The molecule has 202 valence electrons. The SMILES string of the molecule is O=C(Nc1ccc(S(=O)(=O)Nc2cc(Cl)cc(Cl)c2)cc1)C1CCN(S(=O)(=O)Cc2ccccc2Cl)CC1. The molecular formula is C25H24Cl3N3O5S2. The van der Waals surface area contributed by atoms with Gasteiger partial charge < -0.3 is 5.32 Å². The van der Waals surface area contributed by atoms with Crippen LogP contribution in [0.5, 0.6) is 0 Å². The van der Waals surface area contributed by atoms with Gasteiger partial charge in [0.15, 0.2) is 0 Å². The number of sulfonamides is 2. The average Bonchev–Trinajstić information content (AvgIpc) is 2.85. The zero-order chi connectivity index (χ0) is 27.5. The molecule has 13 heteroatoms. The quantitative estimate of drug-likeness (QED) is 0.341. The van der Waals surface area contributed by atoms with E-state index in [0.29, 0.717) is 29.1 Å². The molecule has 2 N–H and O–H groups in total. The molecule has 1 amide bonds. The first-order chi connectivity index (χ1) is 17.9. The van der Waals surface area contributed by atoms with Gasteiger partial charge in [-0.2, -0.15) is 0 Å². The Bertz CT molecular complexity index is 1520. The molecular weight excluding hydrogens is 593 g/mol. The Balaban J connectivity index is 1.33. The molecule has 0 unspecified atom stereocenters. The van der Waals surface area contributed by atoms with Crippen LogP contribution in [0.2, 0.25) is 15.1 Å². The lowest BCUT2D eigenvalue weighted by molar-refractivity contribution is -0.120. The van der Waals surface area contributed by atoms with E-state index in [1.165, 1.54) is 46.8 Å². The first kappa shape index (κ1) is 28.7. The molecule has 4 rings (SSSR count). The molecule has 0 spiro atoms. The highest BCUT2D eigenvalue weighted by molar-refractivity contribution is 7.92. The fraction of sp³-hybridized carbons (Fsp3) is 0.240. The monoisotopic (exact) mass is 615 g/mol. The molecule has 0 radical (unpaired) electrons. The Morgan fingerprint density at radius 1 is 0.842 bits per heavy atom. The van der Waals surface area contributed by atoms with Gasteiger partial charge in [-0.05, 0) is 66.9 Å². The van der Waals surface area contributed by atoms with Crippen molar-refractivity contribution >= 4 is 72.1 Å². The van der Waals surface area contributed by atoms with Gasteiger partial charge >= 0.3 is 0 Å². The van der Waals surface area contributed by atoms with Gasteiger partial charge in [-0.25, -0.2) is 21.1 Å². The van der Waals surface area contributed by atoms with Crippen LogP contribution in [0.3, 0.4) is 0 Å². The minimum absolute atomic E-state index is 0.0105. The zero-order valence-corrected chi connectivity index (χ0v) is 23.8. The maximum absolute atomic E-state index is 12.8. The van der Waals surface area contributed by atoms with Gasteiger partial charge in [-0.15, -0.1) is 0 Å². The number of nitrogens with one attached hydrogen (secondary N) is 2. The minimum atomic E-state index is -3.91. The van der Waals surface area contributed by atoms with Gasteiger partial charge in [0.05, 0.1) is 16.3 Å². The van der Waals surface area contributed by atoms with Crippen LogP contribution in [-0.2, 0) is 30.6 Å². The second-order valence-corrected chi connectivity index (χ2v) is 13.7. The fourth-order valence-corrected chi connectivity index (χ4v) is 7.53. The van der Waals surface area contributed by atoms with Gasteiger partial charge in [0.25, 0.3) is 10.0 Å². The molecule has 8 nitrogen and oxygen atoms in total. The summed E-state index contributed by atoms with van der Waals surface area (Å²) in [6.45, 7) is 0.447. The van der Waals surface area contributed by atoms with E-state index in [4.69, 9.17) is 34.8 Å². The van der Waals surface area contributed by atoms with Crippen molar-refractivity contribution < 1.29 is 21.6 Å². The Morgan fingerprint density at radius 3 is 2.05 bits per heavy atom. The lowest BCUT2D eigenvalue weighted by Gasteiger charge is -2.30. The van der Waals surface area contributed by atoms with Crippen LogP contribution in [0.4, 0.5) is 11.4 Å². The molecule has 1 aliphatic rings. The van der Waals surface area contributed by atoms with Gasteiger partial charge in [0.1, 0.15) is 0 Å². The van der Waals surface area contributed by atoms with E-state index in [9.17, 15) is 21.6 Å². The highest BCUT2D eigenvalue weighted by Gasteiger charge is 2.31. The standard InChI is InChI=1S/C25H24Cl3N3O5S2/c26-19-13-20(27)15-22(14-19)30-38(35,36)23-7-5-21(6-8-23)29-25(32)17-9-11-31(12-10-17)37(33,34)16-18-3-1-2-4-24(18)28/h1-8,13-15,17,30H,9-12,16H2,(H,29,32). The topological polar surface area (TPSA) is 113 Å². The van der Waals surface area contributed by atoms with Crippen molar-refractivity contribution in [2.24, 2.45) is 5.92 Å². The van der Waals surface area contributed by atoms with Gasteiger partial charge in [-0.3, -0.25) is 9.52 Å². The smallest absolute Gasteiger partial charge is 0.261 e. The third-order valence-electron chi connectivity index (χ3n) is 6.06. The number of amides is 1. The Morgan fingerprint density at radius 2 is 1.45 bits per heavy atom. The van der Waals surface area contributed by atoms with Crippen LogP contribution in [0, 0.1) is 5.92 Å². The number of nitrogens with zero attached hydrogens (tertiary/aromatic N) is 1. The third-order valence-corrected chi connectivity index (χ3v) is 10.1. The van der Waals surface area contributed by atoms with Crippen LogP contribution in [0.15, 0.2) is 71.6 Å². The maximum Gasteiger partial charge on any atom is 0.261 e. The van der Waals surface area contributed by atoms with E-state index in [1.807, 2.05) is 0 Å². The number of hydrogen-bond donors (Lipinski definition) is 2. The molecule has 1 aliphatic heterocycles. The summed E-state index contributed by atoms with van der Waals surface area (Å²) in [6, 6.07) is 16.9. The lowest BCUT2D eigenvalue weighted by atomic mass is 9.97. The van der Waals surface area contributed by atoms with E-state index < -0.39 is 20.0 Å². The average molecular weight is 617 g/mol. The molecule has 0 aliphatic carbocycles. The minimum Gasteiger partial charge on any atom is -0.326 e. The summed E-state index contributed by atoms with van der Waals surface area (Å²) in [5.74, 6) is -0.826. The largest absolute Gasteiger partial charge is 0.326 e. The van der Waals surface area contributed by atoms with E-state index in [-0.39, 0.29) is 51.3 Å². The van der Waals surface area contributed by atoms with Crippen molar-refractivity contribution in [3.8, 4) is 0 Å². The van der Waals surface area contributed by atoms with Crippen molar-refractivity contribution in [1.29, 1.82) is 0 Å². The molecule has 0 saturated carbocycles. The van der Waals surface area contributed by atoms with Crippen LogP contribution < -0.4 is 10.0 Å². The van der Waals surface area contributed by atoms with E-state index in [2.05, 4.69) is 10.0 Å². The Labute approximate surface area is 237 Å². The summed E-state index contributed by atoms with van der Waals surface area (Å²) in [6.07, 6.45) is 0.734. The number of benzene rings is 3. The van der Waals surface area contributed by atoms with E-state index in [1.54, 1.807) is 24.3 Å². The van der Waals surface area contributed by atoms with Gasteiger partial charge in [0, 0.05) is 39.8 Å². The first-order valence-corrected chi connectivity index (χ1v) is 15.8. The van der Waals surface area contributed by atoms with Gasteiger partial charge in [-0.1, -0.05) is 53.0 Å². The highest BCUT2D eigenvalue weighted by Crippen LogP contribution is 2.27. The Kier molecular flexibility index (Phi) is 8.91. The summed E-state index contributed by atoms with van der Waals surface area (Å²) in [5.41, 5.74) is 1.18. The van der Waals surface area contributed by atoms with Crippen molar-refractivity contribution in [3.63, 3.8) is 0 Å². The lowest BCUT2D eigenvalue weighted by Crippen LogP contribution is -2.41. The van der Waals surface area contributed by atoms with E-state index in [0.717, 1.165) is 0 Å². The summed E-state index contributed by atoms with van der Waals surface area (Å²) < 4.78 is 54.9. The van der Waals surface area contributed by atoms with Gasteiger partial charge in [0.2, 0.25) is 15.9 Å². The molecule has 38 heavy (non-hydrogen) atoms. The second-order valence-electron chi connectivity index (χ2n) is 8.80. The molecule has 0 aromatic heterocycles. The third kappa shape index (κ3) is 7.19. The number of piperidine rings is 1. The Hall–Kier alpha value is -2.34. The first-order valence-electron chi connectivity index (χ1n) is 11.5. The molecule has 3 aromatic carbocycles. The van der Waals surface area contributed by atoms with Crippen molar-refractivity contribution in [2.75, 3.05) is 23.1 Å². The van der Waals surface area contributed by atoms with Crippen LogP contribution in [0.25, 0.3) is 0 Å². The van der Waals surface area contributed by atoms with Crippen LogP contribution >= 0.6 is 34.8 Å². The van der Waals surface area contributed by atoms with Crippen molar-refractivity contribution in [3.05, 3.63) is 87.4 Å². The predicted octanol–water partition coefficient (Wildman–Crippen LogP) is 5.63. The summed E-state index contributed by atoms with van der Waals surface area (Å²) in [7, 11) is -7.48. The number of halogens is 3. The number of carbonyl (C=O) groups excluding carboxylic acids is 1. The summed E-state index contributed by atoms with van der Waals surface area (Å²) >= 11 is 18.0. The highest BCUT2D eigenvalue weighted by atomic mass is 35.5. The summed E-state index contributed by atoms with van der Waals surface area (Å²) in [4.78, 5) is 12.8. The number of anilines is 2. The molecule has 0 bridgehead atoms. The predicted molar refractivity (Wildman–Crippen MR) is 151 cm³/mol. The van der Waals surface area contributed by atoms with Crippen LogP contribution in [-0.4, -0.2) is 40.1 Å². The molecule has 1 saturated heterocycles. The molecule has 0 atom stereocenters. The van der Waals surface area contributed by atoms with E-state index >= 15 is 0 Å². The number of carbonyl (C=O) groups is 1. The number of rotatable bonds is 8. The van der Waals surface area contributed by atoms with Crippen molar-refractivity contribution in [1.82, 2.24) is 4.31 Å². The van der Waals surface area contributed by atoms with Crippen LogP contribution in [0.1, 0.15) is 18.4 Å². The molecule has 3 aromatic rings. The number of hydrogen-bond acceptors (Lipinski definition) is 5. The molecule has 1 fully saturated rings. The molecule has 1 heterocycles. The maximum atomic E-state index is 12.8. The van der Waals surface area contributed by atoms with Crippen molar-refractivity contribution in [2.45, 2.75) is 23.5 Å². The fourth-order valence-electron chi connectivity index (χ4n) is 4.09.